The molecule has 0 aliphatic heterocycles. The molecule has 0 radical (unpaired) electrons. The highest BCUT2D eigenvalue weighted by molar-refractivity contribution is 5.75. The van der Waals surface area contributed by atoms with Gasteiger partial charge in [0.05, 0.1) is 13.2 Å². The van der Waals surface area contributed by atoms with Gasteiger partial charge in [0.2, 0.25) is 0 Å². The van der Waals surface area contributed by atoms with Crippen LogP contribution >= 0.6 is 0 Å². The van der Waals surface area contributed by atoms with E-state index in [1.807, 2.05) is 19.1 Å². The fourth-order valence-corrected chi connectivity index (χ4v) is 1.62. The van der Waals surface area contributed by atoms with Gasteiger partial charge in [0.15, 0.2) is 6.10 Å². The van der Waals surface area contributed by atoms with Gasteiger partial charge < -0.3 is 14.6 Å². The molecule has 0 amide bonds. The van der Waals surface area contributed by atoms with Crippen molar-refractivity contribution in [2.45, 2.75) is 39.4 Å². The Hall–Kier alpha value is -1.55. The van der Waals surface area contributed by atoms with E-state index in [-0.39, 0.29) is 12.6 Å². The fraction of sp³-hybridized carbons (Fsp3) is 0.500. The molecule has 4 heteroatoms. The first-order valence-corrected chi connectivity index (χ1v) is 6.25. The molecule has 1 aromatic rings. The number of para-hydroxylation sites is 1. The van der Waals surface area contributed by atoms with E-state index in [2.05, 4.69) is 0 Å². The third kappa shape index (κ3) is 4.04. The summed E-state index contributed by atoms with van der Waals surface area (Å²) in [4.78, 5) is 11.7. The summed E-state index contributed by atoms with van der Waals surface area (Å²) in [5, 5.41) is 9.21. The minimum absolute atomic E-state index is 0.113. The van der Waals surface area contributed by atoms with Crippen LogP contribution in [0.1, 0.15) is 32.3 Å². The van der Waals surface area contributed by atoms with E-state index in [9.17, 15) is 9.90 Å². The molecule has 0 fully saturated rings. The molecule has 1 unspecified atom stereocenters. The van der Waals surface area contributed by atoms with E-state index in [0.717, 1.165) is 6.42 Å². The number of hydrogen-bond acceptors (Lipinski definition) is 4. The lowest BCUT2D eigenvalue weighted by atomic mass is 10.2. The first-order valence-electron chi connectivity index (χ1n) is 6.25. The standard InChI is InChI=1S/C14H20O4/c1-3-7-13(14(16)17-4-2)18-12-9-6-5-8-11(12)10-15/h5-6,8-9,13,15H,3-4,7,10H2,1-2H3. The number of aliphatic hydroxyl groups excluding tert-OH is 1. The Kier molecular flexibility index (Phi) is 6.22. The van der Waals surface area contributed by atoms with Crippen LogP contribution in [0, 0.1) is 0 Å². The predicted molar refractivity (Wildman–Crippen MR) is 68.3 cm³/mol. The lowest BCUT2D eigenvalue weighted by molar-refractivity contribution is -0.151. The summed E-state index contributed by atoms with van der Waals surface area (Å²) in [5.74, 6) is 0.179. The number of esters is 1. The second-order valence-electron chi connectivity index (χ2n) is 3.91. The van der Waals surface area contributed by atoms with Gasteiger partial charge >= 0.3 is 5.97 Å². The second-order valence-corrected chi connectivity index (χ2v) is 3.91. The molecule has 0 heterocycles. The maximum Gasteiger partial charge on any atom is 0.347 e. The highest BCUT2D eigenvalue weighted by atomic mass is 16.6. The van der Waals surface area contributed by atoms with Crippen LogP contribution in [0.5, 0.6) is 5.75 Å². The van der Waals surface area contributed by atoms with Crippen LogP contribution in [0.15, 0.2) is 24.3 Å². The molecule has 1 rings (SSSR count). The number of rotatable bonds is 7. The lowest BCUT2D eigenvalue weighted by Gasteiger charge is -2.18. The van der Waals surface area contributed by atoms with Crippen molar-refractivity contribution < 1.29 is 19.4 Å². The quantitative estimate of drug-likeness (QED) is 0.756. The summed E-state index contributed by atoms with van der Waals surface area (Å²) in [6.07, 6.45) is 0.811. The molecule has 0 aliphatic rings. The molecule has 4 nitrogen and oxygen atoms in total. The summed E-state index contributed by atoms with van der Waals surface area (Å²) in [5.41, 5.74) is 0.669. The number of carbonyl (C=O) groups is 1. The minimum atomic E-state index is -0.609. The van der Waals surface area contributed by atoms with Crippen LogP contribution in [0.4, 0.5) is 0 Å². The largest absolute Gasteiger partial charge is 0.478 e. The first kappa shape index (κ1) is 14.5. The predicted octanol–water partition coefficient (Wildman–Crippen LogP) is 2.29. The van der Waals surface area contributed by atoms with E-state index in [0.29, 0.717) is 24.3 Å². The Labute approximate surface area is 108 Å². The van der Waals surface area contributed by atoms with Crippen LogP contribution in [0.25, 0.3) is 0 Å². The smallest absolute Gasteiger partial charge is 0.347 e. The Morgan fingerprint density at radius 3 is 2.67 bits per heavy atom. The zero-order valence-electron chi connectivity index (χ0n) is 10.9. The fourth-order valence-electron chi connectivity index (χ4n) is 1.62. The van der Waals surface area contributed by atoms with Gasteiger partial charge in [-0.15, -0.1) is 0 Å². The number of carbonyl (C=O) groups excluding carboxylic acids is 1. The molecule has 18 heavy (non-hydrogen) atoms. The van der Waals surface area contributed by atoms with Crippen LogP contribution in [-0.2, 0) is 16.1 Å². The van der Waals surface area contributed by atoms with Crippen molar-refractivity contribution in [3.05, 3.63) is 29.8 Å². The maximum absolute atomic E-state index is 11.7. The van der Waals surface area contributed by atoms with E-state index >= 15 is 0 Å². The van der Waals surface area contributed by atoms with Gasteiger partial charge in [0.1, 0.15) is 5.75 Å². The van der Waals surface area contributed by atoms with Gasteiger partial charge in [0.25, 0.3) is 0 Å². The average molecular weight is 252 g/mol. The second kappa shape index (κ2) is 7.71. The molecular weight excluding hydrogens is 232 g/mol. The Balaban J connectivity index is 2.79. The number of benzene rings is 1. The molecule has 1 atom stereocenters. The van der Waals surface area contributed by atoms with Crippen LogP contribution in [0.3, 0.4) is 0 Å². The summed E-state index contributed by atoms with van der Waals surface area (Å²) >= 11 is 0. The van der Waals surface area contributed by atoms with Crippen LogP contribution in [-0.4, -0.2) is 23.8 Å². The summed E-state index contributed by atoms with van der Waals surface area (Å²) in [7, 11) is 0. The van der Waals surface area contributed by atoms with Crippen molar-refractivity contribution in [3.63, 3.8) is 0 Å². The summed E-state index contributed by atoms with van der Waals surface area (Å²) in [6, 6.07) is 7.14. The average Bonchev–Trinajstić information content (AvgIpc) is 2.39. The Morgan fingerprint density at radius 2 is 2.06 bits per heavy atom. The minimum Gasteiger partial charge on any atom is -0.478 e. The molecule has 0 spiro atoms. The van der Waals surface area contributed by atoms with Gasteiger partial charge in [-0.1, -0.05) is 31.5 Å². The van der Waals surface area contributed by atoms with Crippen LogP contribution < -0.4 is 4.74 Å². The highest BCUT2D eigenvalue weighted by Crippen LogP contribution is 2.21. The van der Waals surface area contributed by atoms with Crippen molar-refractivity contribution in [2.24, 2.45) is 0 Å². The van der Waals surface area contributed by atoms with Crippen molar-refractivity contribution in [1.29, 1.82) is 0 Å². The number of ether oxygens (including phenoxy) is 2. The van der Waals surface area contributed by atoms with Crippen molar-refractivity contribution in [1.82, 2.24) is 0 Å². The number of aliphatic hydroxyl groups is 1. The molecule has 0 saturated carbocycles. The van der Waals surface area contributed by atoms with Crippen LogP contribution in [0.2, 0.25) is 0 Å². The van der Waals surface area contributed by atoms with E-state index in [4.69, 9.17) is 9.47 Å². The lowest BCUT2D eigenvalue weighted by Crippen LogP contribution is -2.29. The summed E-state index contributed by atoms with van der Waals surface area (Å²) < 4.78 is 10.6. The van der Waals surface area contributed by atoms with E-state index in [1.54, 1.807) is 19.1 Å². The Morgan fingerprint density at radius 1 is 1.33 bits per heavy atom. The number of hydrogen-bond donors (Lipinski definition) is 1. The molecule has 100 valence electrons. The van der Waals surface area contributed by atoms with E-state index in [1.165, 1.54) is 0 Å². The molecular formula is C14H20O4. The molecule has 0 aliphatic carbocycles. The van der Waals surface area contributed by atoms with E-state index < -0.39 is 6.10 Å². The topological polar surface area (TPSA) is 55.8 Å². The molecule has 1 aromatic carbocycles. The molecule has 0 bridgehead atoms. The van der Waals surface area contributed by atoms with Crippen molar-refractivity contribution >= 4 is 5.97 Å². The zero-order valence-corrected chi connectivity index (χ0v) is 10.9. The highest BCUT2D eigenvalue weighted by Gasteiger charge is 2.21. The first-order chi connectivity index (χ1) is 8.72. The monoisotopic (exact) mass is 252 g/mol. The third-order valence-corrected chi connectivity index (χ3v) is 2.51. The molecule has 1 N–H and O–H groups in total. The van der Waals surface area contributed by atoms with Crippen molar-refractivity contribution in [2.75, 3.05) is 6.61 Å². The van der Waals surface area contributed by atoms with Gasteiger partial charge in [-0.25, -0.2) is 4.79 Å². The maximum atomic E-state index is 11.7. The normalized spacial score (nSPS) is 11.9. The van der Waals surface area contributed by atoms with Gasteiger partial charge in [-0.05, 0) is 19.4 Å². The van der Waals surface area contributed by atoms with Gasteiger partial charge in [-0.2, -0.15) is 0 Å². The van der Waals surface area contributed by atoms with Crippen molar-refractivity contribution in [3.8, 4) is 5.75 Å². The van der Waals surface area contributed by atoms with Gasteiger partial charge in [0, 0.05) is 5.56 Å². The molecule has 0 aromatic heterocycles. The third-order valence-electron chi connectivity index (χ3n) is 2.51. The SMILES string of the molecule is CCCC(Oc1ccccc1CO)C(=O)OCC. The Bertz CT molecular complexity index is 376. The zero-order chi connectivity index (χ0) is 13.4. The summed E-state index contributed by atoms with van der Waals surface area (Å²) in [6.45, 7) is 3.97. The van der Waals surface area contributed by atoms with Gasteiger partial charge in [-0.3, -0.25) is 0 Å². The molecule has 0 saturated heterocycles.